The third kappa shape index (κ3) is 2.89. The highest BCUT2D eigenvalue weighted by Gasteiger charge is 1.97. The van der Waals surface area contributed by atoms with Crippen molar-refractivity contribution in [2.75, 3.05) is 5.73 Å². The molecule has 0 atom stereocenters. The number of allylic oxidation sites excluding steroid dienone is 2. The molecule has 0 saturated carbocycles. The van der Waals surface area contributed by atoms with E-state index in [9.17, 15) is 0 Å². The SMILES string of the molecule is CC(C)=C(C)CCn1cc(N)nn1. The van der Waals surface area contributed by atoms with E-state index in [0.717, 1.165) is 13.0 Å². The molecule has 0 radical (unpaired) electrons. The van der Waals surface area contributed by atoms with Crippen molar-refractivity contribution in [2.45, 2.75) is 33.7 Å². The van der Waals surface area contributed by atoms with Gasteiger partial charge in [-0.05, 0) is 27.2 Å². The topological polar surface area (TPSA) is 56.7 Å². The number of nitrogen functional groups attached to an aromatic ring is 1. The minimum Gasteiger partial charge on any atom is -0.381 e. The van der Waals surface area contributed by atoms with Gasteiger partial charge in [-0.1, -0.05) is 16.4 Å². The largest absolute Gasteiger partial charge is 0.381 e. The van der Waals surface area contributed by atoms with E-state index in [1.54, 1.807) is 10.9 Å². The molecular formula is C9H16N4. The van der Waals surface area contributed by atoms with Gasteiger partial charge in [0.2, 0.25) is 0 Å². The van der Waals surface area contributed by atoms with E-state index in [4.69, 9.17) is 5.73 Å². The van der Waals surface area contributed by atoms with Crippen LogP contribution in [-0.2, 0) is 6.54 Å². The molecular weight excluding hydrogens is 164 g/mol. The number of nitrogens with two attached hydrogens (primary N) is 1. The molecule has 0 aliphatic rings. The van der Waals surface area contributed by atoms with Crippen molar-refractivity contribution in [2.24, 2.45) is 0 Å². The van der Waals surface area contributed by atoms with Gasteiger partial charge in [-0.3, -0.25) is 4.68 Å². The molecule has 1 rings (SSSR count). The van der Waals surface area contributed by atoms with Crippen molar-refractivity contribution in [3.63, 3.8) is 0 Å². The summed E-state index contributed by atoms with van der Waals surface area (Å²) in [7, 11) is 0. The average molecular weight is 180 g/mol. The third-order valence-corrected chi connectivity index (χ3v) is 2.13. The Labute approximate surface area is 78.4 Å². The number of anilines is 1. The predicted molar refractivity (Wildman–Crippen MR) is 53.1 cm³/mol. The lowest BCUT2D eigenvalue weighted by Crippen LogP contribution is -1.99. The molecule has 0 bridgehead atoms. The minimum atomic E-state index is 0.481. The number of hydrogen-bond donors (Lipinski definition) is 1. The molecule has 1 heterocycles. The molecule has 1 aromatic heterocycles. The molecule has 0 amide bonds. The van der Waals surface area contributed by atoms with Gasteiger partial charge in [0.25, 0.3) is 0 Å². The van der Waals surface area contributed by atoms with E-state index in [1.807, 2.05) is 0 Å². The van der Waals surface area contributed by atoms with Crippen LogP contribution in [0.15, 0.2) is 17.3 Å². The molecule has 0 aliphatic carbocycles. The summed E-state index contributed by atoms with van der Waals surface area (Å²) in [6.45, 7) is 7.22. The summed E-state index contributed by atoms with van der Waals surface area (Å²) < 4.78 is 1.77. The summed E-state index contributed by atoms with van der Waals surface area (Å²) >= 11 is 0. The fraction of sp³-hybridized carbons (Fsp3) is 0.556. The molecule has 0 unspecified atom stereocenters. The Morgan fingerprint density at radius 1 is 1.46 bits per heavy atom. The highest BCUT2D eigenvalue weighted by Crippen LogP contribution is 2.08. The Morgan fingerprint density at radius 3 is 2.62 bits per heavy atom. The molecule has 2 N–H and O–H groups in total. The van der Waals surface area contributed by atoms with Crippen molar-refractivity contribution in [3.05, 3.63) is 17.3 Å². The highest BCUT2D eigenvalue weighted by atomic mass is 15.4. The van der Waals surface area contributed by atoms with Crippen LogP contribution in [0.2, 0.25) is 0 Å². The van der Waals surface area contributed by atoms with Crippen molar-refractivity contribution >= 4 is 5.82 Å². The first-order valence-electron chi connectivity index (χ1n) is 4.38. The van der Waals surface area contributed by atoms with E-state index in [1.165, 1.54) is 11.1 Å². The lowest BCUT2D eigenvalue weighted by Gasteiger charge is -2.02. The minimum absolute atomic E-state index is 0.481. The van der Waals surface area contributed by atoms with Crippen LogP contribution in [0.5, 0.6) is 0 Å². The molecule has 13 heavy (non-hydrogen) atoms. The second kappa shape index (κ2) is 4.07. The molecule has 0 saturated heterocycles. The quantitative estimate of drug-likeness (QED) is 0.719. The molecule has 0 fully saturated rings. The molecule has 4 nitrogen and oxygen atoms in total. The summed E-state index contributed by atoms with van der Waals surface area (Å²) in [5, 5.41) is 7.58. The lowest BCUT2D eigenvalue weighted by atomic mass is 10.1. The van der Waals surface area contributed by atoms with Crippen LogP contribution >= 0.6 is 0 Å². The maximum Gasteiger partial charge on any atom is 0.165 e. The summed E-state index contributed by atoms with van der Waals surface area (Å²) in [5.74, 6) is 0.481. The van der Waals surface area contributed by atoms with Gasteiger partial charge in [0.15, 0.2) is 5.82 Å². The molecule has 0 aliphatic heterocycles. The smallest absolute Gasteiger partial charge is 0.165 e. The van der Waals surface area contributed by atoms with Crippen molar-refractivity contribution in [1.82, 2.24) is 15.0 Å². The van der Waals surface area contributed by atoms with Crippen LogP contribution in [-0.4, -0.2) is 15.0 Å². The van der Waals surface area contributed by atoms with Gasteiger partial charge in [-0.15, -0.1) is 5.10 Å². The first-order chi connectivity index (χ1) is 6.09. The summed E-state index contributed by atoms with van der Waals surface area (Å²) in [6, 6.07) is 0. The first-order valence-corrected chi connectivity index (χ1v) is 4.38. The van der Waals surface area contributed by atoms with Gasteiger partial charge in [-0.2, -0.15) is 0 Å². The average Bonchev–Trinajstić information content (AvgIpc) is 2.47. The fourth-order valence-corrected chi connectivity index (χ4v) is 0.955. The number of rotatable bonds is 3. The zero-order valence-corrected chi connectivity index (χ0v) is 8.41. The van der Waals surface area contributed by atoms with E-state index < -0.39 is 0 Å². The van der Waals surface area contributed by atoms with Crippen LogP contribution in [0.4, 0.5) is 5.82 Å². The summed E-state index contributed by atoms with van der Waals surface area (Å²) in [5.41, 5.74) is 8.20. The Bertz CT molecular complexity index is 307. The first kappa shape index (κ1) is 9.77. The fourth-order valence-electron chi connectivity index (χ4n) is 0.955. The summed E-state index contributed by atoms with van der Waals surface area (Å²) in [4.78, 5) is 0. The Kier molecular flexibility index (Phi) is 3.06. The molecule has 4 heteroatoms. The van der Waals surface area contributed by atoms with E-state index >= 15 is 0 Å². The molecule has 0 aromatic carbocycles. The van der Waals surface area contributed by atoms with Gasteiger partial charge >= 0.3 is 0 Å². The molecule has 72 valence electrons. The number of aromatic nitrogens is 3. The third-order valence-electron chi connectivity index (χ3n) is 2.13. The van der Waals surface area contributed by atoms with Crippen LogP contribution in [0.25, 0.3) is 0 Å². The Balaban J connectivity index is 2.49. The van der Waals surface area contributed by atoms with Crippen LogP contribution in [0.1, 0.15) is 27.2 Å². The number of hydrogen-bond acceptors (Lipinski definition) is 3. The summed E-state index contributed by atoms with van der Waals surface area (Å²) in [6.07, 6.45) is 2.75. The molecule has 0 spiro atoms. The Hall–Kier alpha value is -1.32. The van der Waals surface area contributed by atoms with Crippen molar-refractivity contribution < 1.29 is 0 Å². The zero-order valence-electron chi connectivity index (χ0n) is 8.41. The van der Waals surface area contributed by atoms with Gasteiger partial charge in [0.05, 0.1) is 6.20 Å². The second-order valence-electron chi connectivity index (χ2n) is 3.44. The normalized spacial score (nSPS) is 10.1. The van der Waals surface area contributed by atoms with E-state index in [2.05, 4.69) is 31.1 Å². The highest BCUT2D eigenvalue weighted by molar-refractivity contribution is 5.19. The van der Waals surface area contributed by atoms with Gasteiger partial charge in [-0.25, -0.2) is 0 Å². The van der Waals surface area contributed by atoms with Gasteiger partial charge in [0, 0.05) is 6.54 Å². The van der Waals surface area contributed by atoms with E-state index in [0.29, 0.717) is 5.82 Å². The van der Waals surface area contributed by atoms with Gasteiger partial charge in [0.1, 0.15) is 0 Å². The monoisotopic (exact) mass is 180 g/mol. The number of nitrogens with zero attached hydrogens (tertiary/aromatic N) is 3. The standard InChI is InChI=1S/C9H16N4/c1-7(2)8(3)4-5-13-6-9(10)11-12-13/h6H,4-5,10H2,1-3H3. The van der Waals surface area contributed by atoms with Crippen molar-refractivity contribution in [1.29, 1.82) is 0 Å². The predicted octanol–water partition coefficient (Wildman–Crippen LogP) is 1.61. The van der Waals surface area contributed by atoms with Crippen LogP contribution < -0.4 is 5.73 Å². The zero-order chi connectivity index (χ0) is 9.84. The van der Waals surface area contributed by atoms with Crippen LogP contribution in [0, 0.1) is 0 Å². The van der Waals surface area contributed by atoms with E-state index in [-0.39, 0.29) is 0 Å². The maximum absolute atomic E-state index is 5.44. The number of aryl methyl sites for hydroxylation is 1. The van der Waals surface area contributed by atoms with Crippen LogP contribution in [0.3, 0.4) is 0 Å². The van der Waals surface area contributed by atoms with Crippen molar-refractivity contribution in [3.8, 4) is 0 Å². The maximum atomic E-state index is 5.44. The molecule has 1 aromatic rings. The Morgan fingerprint density at radius 2 is 2.15 bits per heavy atom. The second-order valence-corrected chi connectivity index (χ2v) is 3.44. The van der Waals surface area contributed by atoms with Gasteiger partial charge < -0.3 is 5.73 Å². The lowest BCUT2D eigenvalue weighted by molar-refractivity contribution is 0.585.